The molecule has 0 aromatic heterocycles. The Balaban J connectivity index is 0.990. The van der Waals surface area contributed by atoms with E-state index in [2.05, 4.69) is 213 Å². The quantitative estimate of drug-likeness (QED) is 0.119. The molecule has 0 spiro atoms. The number of aliphatic imine (C=N–C) groups is 1. The van der Waals surface area contributed by atoms with E-state index in [0.29, 0.717) is 0 Å². The number of benzene rings is 7. The minimum absolute atomic E-state index is 0.199. The molecule has 0 aliphatic carbocycles. The van der Waals surface area contributed by atoms with Crippen LogP contribution in [0.5, 0.6) is 0 Å². The molecule has 0 saturated heterocycles. The lowest BCUT2D eigenvalue weighted by Crippen LogP contribution is -2.09. The Hall–Kier alpha value is -6.45. The van der Waals surface area contributed by atoms with Crippen LogP contribution >= 0.6 is 0 Å². The molecule has 0 heterocycles. The normalized spacial score (nSPS) is 12.1. The third-order valence-corrected chi connectivity index (χ3v) is 9.83. The van der Waals surface area contributed by atoms with Crippen molar-refractivity contribution in [3.05, 3.63) is 205 Å². The van der Waals surface area contributed by atoms with Crippen molar-refractivity contribution >= 4 is 40.2 Å². The summed E-state index contributed by atoms with van der Waals surface area (Å²) in [4.78, 5) is 9.27. The monoisotopic (exact) mass is 687 g/mol. The number of anilines is 5. The van der Waals surface area contributed by atoms with Crippen LogP contribution in [0.15, 0.2) is 199 Å². The van der Waals surface area contributed by atoms with Crippen LogP contribution < -0.4 is 9.80 Å². The van der Waals surface area contributed by atoms with Gasteiger partial charge in [0, 0.05) is 53.8 Å². The first-order valence-electron chi connectivity index (χ1n) is 18.4. The van der Waals surface area contributed by atoms with E-state index in [1.165, 1.54) is 44.6 Å². The van der Waals surface area contributed by atoms with Gasteiger partial charge >= 0.3 is 0 Å². The largest absolute Gasteiger partial charge is 0.345 e. The summed E-state index contributed by atoms with van der Waals surface area (Å²) >= 11 is 0. The second kappa shape index (κ2) is 16.7. The lowest BCUT2D eigenvalue weighted by molar-refractivity contribution is 1.04. The maximum atomic E-state index is 4.79. The Labute approximate surface area is 314 Å². The Morgan fingerprint density at radius 2 is 0.868 bits per heavy atom. The number of para-hydroxylation sites is 3. The molecule has 3 nitrogen and oxygen atoms in total. The van der Waals surface area contributed by atoms with E-state index in [-0.39, 0.29) is 5.92 Å². The number of allylic oxidation sites excluding steroid dienone is 1. The zero-order valence-electron chi connectivity index (χ0n) is 30.7. The van der Waals surface area contributed by atoms with Crippen molar-refractivity contribution in [2.24, 2.45) is 4.99 Å². The molecule has 53 heavy (non-hydrogen) atoms. The van der Waals surface area contributed by atoms with Crippen LogP contribution in [0.2, 0.25) is 0 Å². The van der Waals surface area contributed by atoms with Gasteiger partial charge in [0.25, 0.3) is 0 Å². The number of nitrogens with zero attached hydrogens (tertiary/aromatic N) is 3. The molecule has 0 bridgehead atoms. The summed E-state index contributed by atoms with van der Waals surface area (Å²) < 4.78 is 0. The van der Waals surface area contributed by atoms with Crippen molar-refractivity contribution in [1.82, 2.24) is 0 Å². The smallest absolute Gasteiger partial charge is 0.0462 e. The van der Waals surface area contributed by atoms with Crippen molar-refractivity contribution in [1.29, 1.82) is 0 Å². The number of hydrogen-bond acceptors (Lipinski definition) is 3. The van der Waals surface area contributed by atoms with Crippen LogP contribution in [0, 0.1) is 0 Å². The highest BCUT2D eigenvalue weighted by molar-refractivity contribution is 5.79. The molecule has 1 unspecified atom stereocenters. The van der Waals surface area contributed by atoms with E-state index >= 15 is 0 Å². The van der Waals surface area contributed by atoms with Gasteiger partial charge in [-0.1, -0.05) is 141 Å². The van der Waals surface area contributed by atoms with Crippen LogP contribution in [0.1, 0.15) is 37.3 Å². The van der Waals surface area contributed by atoms with Crippen LogP contribution in [-0.4, -0.2) is 13.3 Å². The van der Waals surface area contributed by atoms with Gasteiger partial charge in [0.2, 0.25) is 0 Å². The summed E-state index contributed by atoms with van der Waals surface area (Å²) in [6, 6.07) is 66.7. The molecule has 7 rings (SSSR count). The molecule has 3 heteroatoms. The van der Waals surface area contributed by atoms with Gasteiger partial charge in [-0.25, -0.2) is 0 Å². The fourth-order valence-electron chi connectivity index (χ4n) is 6.66. The van der Waals surface area contributed by atoms with Crippen molar-refractivity contribution in [2.75, 3.05) is 16.8 Å². The summed E-state index contributed by atoms with van der Waals surface area (Å²) in [6.07, 6.45) is 4.97. The summed E-state index contributed by atoms with van der Waals surface area (Å²) in [7, 11) is 2.10. The molecule has 0 fully saturated rings. The fourth-order valence-corrected chi connectivity index (χ4v) is 6.66. The summed E-state index contributed by atoms with van der Waals surface area (Å²) in [5, 5.41) is 0. The zero-order chi connectivity index (χ0) is 36.4. The highest BCUT2D eigenvalue weighted by Crippen LogP contribution is 2.35. The van der Waals surface area contributed by atoms with Gasteiger partial charge in [-0.2, -0.15) is 0 Å². The van der Waals surface area contributed by atoms with Gasteiger partial charge in [-0.05, 0) is 106 Å². The van der Waals surface area contributed by atoms with E-state index in [0.717, 1.165) is 29.2 Å². The van der Waals surface area contributed by atoms with Crippen molar-refractivity contribution in [3.8, 4) is 22.3 Å². The van der Waals surface area contributed by atoms with E-state index in [1.807, 2.05) is 18.5 Å². The Kier molecular flexibility index (Phi) is 11.0. The second-order valence-corrected chi connectivity index (χ2v) is 13.3. The van der Waals surface area contributed by atoms with Crippen LogP contribution in [0.25, 0.3) is 27.8 Å². The minimum atomic E-state index is 0.199. The SMILES string of the molecule is CC/C(=C\N=CC(C)c1ccc(-c2ccc(N(C)c3ccccc3)cc2)cc1)c1ccc(-c2ccc(N(c3ccccc3)c3ccccc3)cc2)cc1. The van der Waals surface area contributed by atoms with Crippen LogP contribution in [0.4, 0.5) is 28.4 Å². The average molecular weight is 688 g/mol. The van der Waals surface area contributed by atoms with Crippen LogP contribution in [0.3, 0.4) is 0 Å². The van der Waals surface area contributed by atoms with Gasteiger partial charge in [0.05, 0.1) is 0 Å². The molecule has 7 aromatic rings. The third-order valence-electron chi connectivity index (χ3n) is 9.83. The van der Waals surface area contributed by atoms with Crippen molar-refractivity contribution in [2.45, 2.75) is 26.2 Å². The van der Waals surface area contributed by atoms with E-state index < -0.39 is 0 Å². The molecule has 0 aliphatic heterocycles. The minimum Gasteiger partial charge on any atom is -0.345 e. The lowest BCUT2D eigenvalue weighted by Gasteiger charge is -2.25. The topological polar surface area (TPSA) is 18.8 Å². The highest BCUT2D eigenvalue weighted by atomic mass is 15.1. The predicted molar refractivity (Wildman–Crippen MR) is 228 cm³/mol. The molecule has 1 atom stereocenters. The molecule has 0 saturated carbocycles. The maximum absolute atomic E-state index is 4.79. The standard InChI is InChI=1S/C50H45N3/c1-4-39(37-51-36-38(2)40-20-22-42(23-21-40)44-28-32-47(33-29-44)52(3)46-14-8-5-9-15-46)41-24-26-43(27-25-41)45-30-34-50(35-31-45)53(48-16-10-6-11-17-48)49-18-12-7-13-19-49/h5-38H,4H2,1-3H3/b39-37+,51-36?. The summed E-state index contributed by atoms with van der Waals surface area (Å²) in [5.41, 5.74) is 14.2. The molecule has 0 amide bonds. The van der Waals surface area contributed by atoms with Crippen LogP contribution in [-0.2, 0) is 0 Å². The molecule has 0 radical (unpaired) electrons. The Morgan fingerprint density at radius 1 is 0.491 bits per heavy atom. The number of hydrogen-bond donors (Lipinski definition) is 0. The molecule has 260 valence electrons. The van der Waals surface area contributed by atoms with Gasteiger partial charge < -0.3 is 9.80 Å². The van der Waals surface area contributed by atoms with Crippen molar-refractivity contribution in [3.63, 3.8) is 0 Å². The van der Waals surface area contributed by atoms with Gasteiger partial charge in [-0.3, -0.25) is 4.99 Å². The molecular formula is C50H45N3. The van der Waals surface area contributed by atoms with E-state index in [1.54, 1.807) is 0 Å². The van der Waals surface area contributed by atoms with Gasteiger partial charge in [0.1, 0.15) is 0 Å². The average Bonchev–Trinajstić information content (AvgIpc) is 3.24. The Morgan fingerprint density at radius 3 is 1.34 bits per heavy atom. The highest BCUT2D eigenvalue weighted by Gasteiger charge is 2.12. The van der Waals surface area contributed by atoms with Gasteiger partial charge in [0.15, 0.2) is 0 Å². The maximum Gasteiger partial charge on any atom is 0.0462 e. The zero-order valence-corrected chi connectivity index (χ0v) is 30.7. The Bertz CT molecular complexity index is 2200. The van der Waals surface area contributed by atoms with E-state index in [4.69, 9.17) is 4.99 Å². The molecule has 0 N–H and O–H groups in total. The lowest BCUT2D eigenvalue weighted by atomic mass is 9.98. The van der Waals surface area contributed by atoms with E-state index in [9.17, 15) is 0 Å². The molecule has 7 aromatic carbocycles. The van der Waals surface area contributed by atoms with Gasteiger partial charge in [-0.15, -0.1) is 0 Å². The number of rotatable bonds is 12. The first kappa shape index (κ1) is 35.0. The summed E-state index contributed by atoms with van der Waals surface area (Å²) in [6.45, 7) is 4.39. The first-order valence-corrected chi connectivity index (χ1v) is 18.4. The fraction of sp³-hybridized carbons (Fsp3) is 0.100. The molecule has 0 aliphatic rings. The van der Waals surface area contributed by atoms with Crippen molar-refractivity contribution < 1.29 is 0 Å². The summed E-state index contributed by atoms with van der Waals surface area (Å²) in [5.74, 6) is 0.199. The predicted octanol–water partition coefficient (Wildman–Crippen LogP) is 13.9. The molecular weight excluding hydrogens is 643 g/mol. The second-order valence-electron chi connectivity index (χ2n) is 13.3. The third kappa shape index (κ3) is 8.38. The first-order chi connectivity index (χ1) is 26.1.